The van der Waals surface area contributed by atoms with Gasteiger partial charge in [0, 0.05) is 12.2 Å². The summed E-state index contributed by atoms with van der Waals surface area (Å²) >= 11 is 0. The fourth-order valence-corrected chi connectivity index (χ4v) is 0.718. The van der Waals surface area contributed by atoms with E-state index in [1.807, 2.05) is 6.07 Å². The van der Waals surface area contributed by atoms with Gasteiger partial charge in [-0.3, -0.25) is 4.79 Å². The van der Waals surface area contributed by atoms with Crippen molar-refractivity contribution in [3.8, 4) is 12.1 Å². The third kappa shape index (κ3) is 3.78. The number of carbonyl (C=O) groups is 1. The number of nitrogens with one attached hydrogen (secondary N) is 1. The molecule has 0 spiro atoms. The van der Waals surface area contributed by atoms with E-state index in [4.69, 9.17) is 16.3 Å². The average molecular weight is 178 g/mol. The Morgan fingerprint density at radius 3 is 2.54 bits per heavy atom. The normalized spacial score (nSPS) is 10.7. The summed E-state index contributed by atoms with van der Waals surface area (Å²) in [4.78, 5) is 10.6. The Morgan fingerprint density at radius 2 is 2.15 bits per heavy atom. The lowest BCUT2D eigenvalue weighted by Gasteiger charge is -2.04. The van der Waals surface area contributed by atoms with E-state index < -0.39 is 5.91 Å². The number of amides is 1. The number of allylic oxidation sites excluding steroid dienone is 1. The zero-order valence-electron chi connectivity index (χ0n) is 7.29. The molecule has 68 valence electrons. The Bertz CT molecular complexity index is 305. The monoisotopic (exact) mass is 178 g/mol. The highest BCUT2D eigenvalue weighted by Gasteiger charge is 2.07. The molecule has 0 aliphatic rings. The lowest BCUT2D eigenvalue weighted by atomic mass is 10.2. The third-order valence-electron chi connectivity index (χ3n) is 1.36. The molecule has 0 fully saturated rings. The Labute approximate surface area is 76.4 Å². The van der Waals surface area contributed by atoms with E-state index in [-0.39, 0.29) is 5.57 Å². The van der Waals surface area contributed by atoms with Crippen molar-refractivity contribution in [2.45, 2.75) is 13.3 Å². The second-order valence-electron chi connectivity index (χ2n) is 2.31. The first kappa shape index (κ1) is 11.0. The summed E-state index contributed by atoms with van der Waals surface area (Å²) < 4.78 is 0. The molecule has 13 heavy (non-hydrogen) atoms. The van der Waals surface area contributed by atoms with Crippen LogP contribution in [-0.2, 0) is 4.79 Å². The van der Waals surface area contributed by atoms with Crippen molar-refractivity contribution in [2.24, 2.45) is 5.73 Å². The molecule has 0 atom stereocenters. The predicted molar refractivity (Wildman–Crippen MR) is 45.7 cm³/mol. The van der Waals surface area contributed by atoms with Crippen LogP contribution in [0, 0.1) is 22.7 Å². The number of primary amides is 1. The van der Waals surface area contributed by atoms with Crippen molar-refractivity contribution in [3.63, 3.8) is 0 Å². The van der Waals surface area contributed by atoms with Crippen molar-refractivity contribution >= 4 is 5.91 Å². The Hall–Kier alpha value is -2.01. The van der Waals surface area contributed by atoms with Crippen molar-refractivity contribution in [1.82, 2.24) is 5.32 Å². The lowest BCUT2D eigenvalue weighted by Crippen LogP contribution is -2.21. The Kier molecular flexibility index (Phi) is 4.75. The quantitative estimate of drug-likeness (QED) is 0.352. The second kappa shape index (κ2) is 5.62. The summed E-state index contributed by atoms with van der Waals surface area (Å²) in [5, 5.41) is 19.5. The molecular formula is C8H10N4O. The summed E-state index contributed by atoms with van der Waals surface area (Å²) in [5.41, 5.74) is 5.24. The van der Waals surface area contributed by atoms with Crippen LogP contribution in [0.4, 0.5) is 0 Å². The largest absolute Gasteiger partial charge is 0.386 e. The minimum absolute atomic E-state index is 0.0991. The van der Waals surface area contributed by atoms with Crippen LogP contribution in [0.1, 0.15) is 13.3 Å². The summed E-state index contributed by atoms with van der Waals surface area (Å²) in [6.07, 6.45) is 0.314. The molecule has 0 aromatic heterocycles. The number of carbonyl (C=O) groups excluding carboxylic acids is 1. The maximum absolute atomic E-state index is 10.6. The average Bonchev–Trinajstić information content (AvgIpc) is 2.05. The lowest BCUT2D eigenvalue weighted by molar-refractivity contribution is -0.114. The van der Waals surface area contributed by atoms with Crippen molar-refractivity contribution in [1.29, 1.82) is 10.5 Å². The molecule has 0 heterocycles. The van der Waals surface area contributed by atoms with Gasteiger partial charge in [0.1, 0.15) is 11.6 Å². The molecule has 0 aliphatic heterocycles. The molecule has 0 radical (unpaired) electrons. The van der Waals surface area contributed by atoms with Crippen molar-refractivity contribution < 1.29 is 4.79 Å². The van der Waals surface area contributed by atoms with E-state index >= 15 is 0 Å². The molecule has 5 heteroatoms. The van der Waals surface area contributed by atoms with Crippen LogP contribution >= 0.6 is 0 Å². The molecule has 0 aliphatic carbocycles. The molecule has 0 saturated carbocycles. The number of hydrogen-bond donors (Lipinski definition) is 2. The number of nitriles is 2. The van der Waals surface area contributed by atoms with Crippen LogP contribution in [0.25, 0.3) is 0 Å². The van der Waals surface area contributed by atoms with Crippen molar-refractivity contribution in [2.75, 3.05) is 6.54 Å². The van der Waals surface area contributed by atoms with Crippen LogP contribution in [-0.4, -0.2) is 12.5 Å². The molecule has 5 nitrogen and oxygen atoms in total. The number of hydrogen-bond acceptors (Lipinski definition) is 4. The molecular weight excluding hydrogens is 168 g/mol. The molecule has 1 amide bonds. The SMILES string of the molecule is C/C(NCCC#N)=C(\C#N)C(N)=O. The highest BCUT2D eigenvalue weighted by Crippen LogP contribution is 1.98. The number of nitrogens with zero attached hydrogens (tertiary/aromatic N) is 2. The van der Waals surface area contributed by atoms with E-state index in [9.17, 15) is 4.79 Å². The topological polar surface area (TPSA) is 103 Å². The van der Waals surface area contributed by atoms with Crippen LogP contribution in [0.3, 0.4) is 0 Å². The number of rotatable bonds is 4. The minimum Gasteiger partial charge on any atom is -0.386 e. The van der Waals surface area contributed by atoms with Crippen molar-refractivity contribution in [3.05, 3.63) is 11.3 Å². The summed E-state index contributed by atoms with van der Waals surface area (Å²) in [6.45, 7) is 1.97. The van der Waals surface area contributed by atoms with Gasteiger partial charge in [-0.15, -0.1) is 0 Å². The van der Waals surface area contributed by atoms with Gasteiger partial charge in [-0.25, -0.2) is 0 Å². The predicted octanol–water partition coefficient (Wildman–Crippen LogP) is -0.227. The van der Waals surface area contributed by atoms with Gasteiger partial charge in [0.2, 0.25) is 0 Å². The third-order valence-corrected chi connectivity index (χ3v) is 1.36. The molecule has 0 unspecified atom stereocenters. The van der Waals surface area contributed by atoms with Gasteiger partial charge in [-0.05, 0) is 6.92 Å². The molecule has 0 rings (SSSR count). The van der Waals surface area contributed by atoms with Gasteiger partial charge in [-0.2, -0.15) is 10.5 Å². The maximum Gasteiger partial charge on any atom is 0.261 e. The van der Waals surface area contributed by atoms with Gasteiger partial charge in [-0.1, -0.05) is 0 Å². The smallest absolute Gasteiger partial charge is 0.261 e. The van der Waals surface area contributed by atoms with E-state index in [1.54, 1.807) is 13.0 Å². The van der Waals surface area contributed by atoms with Gasteiger partial charge in [0.05, 0.1) is 12.5 Å². The van der Waals surface area contributed by atoms with Crippen LogP contribution < -0.4 is 11.1 Å². The van der Waals surface area contributed by atoms with E-state index in [1.165, 1.54) is 0 Å². The summed E-state index contributed by atoms with van der Waals surface area (Å²) in [7, 11) is 0. The van der Waals surface area contributed by atoms with Crippen LogP contribution in [0.2, 0.25) is 0 Å². The first-order valence-corrected chi connectivity index (χ1v) is 3.65. The van der Waals surface area contributed by atoms with Gasteiger partial charge in [0.25, 0.3) is 5.91 Å². The standard InChI is InChI=1S/C8H10N4O/c1-6(12-4-2-3-9)7(5-10)8(11)13/h12H,2,4H2,1H3,(H2,11,13)/b7-6-. The first-order chi connectivity index (χ1) is 6.13. The molecule has 0 aromatic carbocycles. The first-order valence-electron chi connectivity index (χ1n) is 3.65. The molecule has 3 N–H and O–H groups in total. The van der Waals surface area contributed by atoms with E-state index in [0.29, 0.717) is 18.7 Å². The highest BCUT2D eigenvalue weighted by molar-refractivity contribution is 5.96. The fourth-order valence-electron chi connectivity index (χ4n) is 0.718. The summed E-state index contributed by atoms with van der Waals surface area (Å²) in [6, 6.07) is 3.61. The maximum atomic E-state index is 10.6. The van der Waals surface area contributed by atoms with Gasteiger partial charge >= 0.3 is 0 Å². The zero-order chi connectivity index (χ0) is 10.3. The zero-order valence-corrected chi connectivity index (χ0v) is 7.29. The number of nitrogens with two attached hydrogens (primary N) is 1. The van der Waals surface area contributed by atoms with Gasteiger partial charge in [0.15, 0.2) is 0 Å². The Morgan fingerprint density at radius 1 is 1.54 bits per heavy atom. The van der Waals surface area contributed by atoms with E-state index in [0.717, 1.165) is 0 Å². The second-order valence-corrected chi connectivity index (χ2v) is 2.31. The van der Waals surface area contributed by atoms with E-state index in [2.05, 4.69) is 5.32 Å². The van der Waals surface area contributed by atoms with Gasteiger partial charge < -0.3 is 11.1 Å². The van der Waals surface area contributed by atoms with Crippen LogP contribution in [0.5, 0.6) is 0 Å². The fraction of sp³-hybridized carbons (Fsp3) is 0.375. The minimum atomic E-state index is -0.760. The molecule has 0 saturated heterocycles. The highest BCUT2D eigenvalue weighted by atomic mass is 16.1. The van der Waals surface area contributed by atoms with Crippen LogP contribution in [0.15, 0.2) is 11.3 Å². The summed E-state index contributed by atoms with van der Waals surface area (Å²) in [5.74, 6) is -0.760. The molecule has 0 bridgehead atoms. The molecule has 0 aromatic rings. The Balaban J connectivity index is 4.35.